The molecule has 20 heavy (non-hydrogen) atoms. The van der Waals surface area contributed by atoms with Crippen molar-refractivity contribution < 1.29 is 9.90 Å². The molecule has 0 spiro atoms. The average molecular weight is 274 g/mol. The van der Waals surface area contributed by atoms with E-state index in [9.17, 15) is 4.79 Å². The molecule has 4 nitrogen and oxygen atoms in total. The third kappa shape index (κ3) is 4.36. The molecule has 1 rings (SSSR count). The van der Waals surface area contributed by atoms with Gasteiger partial charge in [0.05, 0.1) is 24.7 Å². The predicted octanol–water partition coefficient (Wildman–Crippen LogP) is 2.11. The molecule has 1 N–H and O–H groups in total. The van der Waals surface area contributed by atoms with Crippen molar-refractivity contribution in [2.24, 2.45) is 0 Å². The van der Waals surface area contributed by atoms with Crippen LogP contribution in [0.2, 0.25) is 0 Å². The van der Waals surface area contributed by atoms with Crippen molar-refractivity contribution in [3.63, 3.8) is 0 Å². The van der Waals surface area contributed by atoms with Gasteiger partial charge in [0.2, 0.25) is 5.91 Å². The summed E-state index contributed by atoms with van der Waals surface area (Å²) in [6.45, 7) is 4.46. The molecule has 0 bridgehead atoms. The minimum absolute atomic E-state index is 0.0182. The van der Waals surface area contributed by atoms with Gasteiger partial charge in [-0.2, -0.15) is 5.26 Å². The Morgan fingerprint density at radius 1 is 1.30 bits per heavy atom. The van der Waals surface area contributed by atoms with Crippen LogP contribution in [0.4, 0.5) is 0 Å². The lowest BCUT2D eigenvalue weighted by Crippen LogP contribution is -2.42. The van der Waals surface area contributed by atoms with Crippen LogP contribution in [-0.2, 0) is 11.2 Å². The molecule has 1 aromatic carbocycles. The Kier molecular flexibility index (Phi) is 6.75. The lowest BCUT2D eigenvalue weighted by atomic mass is 10.1. The van der Waals surface area contributed by atoms with E-state index in [-0.39, 0.29) is 18.6 Å². The van der Waals surface area contributed by atoms with Crippen LogP contribution in [0.5, 0.6) is 0 Å². The van der Waals surface area contributed by atoms with Gasteiger partial charge >= 0.3 is 0 Å². The van der Waals surface area contributed by atoms with Crippen molar-refractivity contribution in [1.82, 2.24) is 4.90 Å². The molecule has 0 aliphatic heterocycles. The van der Waals surface area contributed by atoms with Gasteiger partial charge in [-0.15, -0.1) is 0 Å². The molecular formula is C16H22N2O2. The summed E-state index contributed by atoms with van der Waals surface area (Å²) in [4.78, 5) is 14.1. The number of carbonyl (C=O) groups excluding carboxylic acids is 1. The summed E-state index contributed by atoms with van der Waals surface area (Å²) in [7, 11) is 0. The highest BCUT2D eigenvalue weighted by molar-refractivity contribution is 5.79. The smallest absolute Gasteiger partial charge is 0.227 e. The third-order valence-electron chi connectivity index (χ3n) is 3.48. The fourth-order valence-corrected chi connectivity index (χ4v) is 2.32. The second-order valence-corrected chi connectivity index (χ2v) is 4.77. The summed E-state index contributed by atoms with van der Waals surface area (Å²) in [6, 6.07) is 9.28. The second-order valence-electron chi connectivity index (χ2n) is 4.77. The molecule has 108 valence electrons. The Balaban J connectivity index is 2.76. The minimum Gasteiger partial charge on any atom is -0.395 e. The standard InChI is InChI=1S/C16H22N2O2/c1-3-15(4-2)18(9-10-19)16(20)11-13-5-7-14(12-17)8-6-13/h5-8,15,19H,3-4,9-11H2,1-2H3. The van der Waals surface area contributed by atoms with Crippen molar-refractivity contribution in [2.45, 2.75) is 39.2 Å². The first-order chi connectivity index (χ1) is 9.65. The van der Waals surface area contributed by atoms with Gasteiger partial charge in [0, 0.05) is 12.6 Å². The maximum atomic E-state index is 12.4. The third-order valence-corrected chi connectivity index (χ3v) is 3.48. The average Bonchev–Trinajstić information content (AvgIpc) is 2.48. The Morgan fingerprint density at radius 2 is 1.90 bits per heavy atom. The van der Waals surface area contributed by atoms with Crippen LogP contribution in [0, 0.1) is 11.3 Å². The Morgan fingerprint density at radius 3 is 2.35 bits per heavy atom. The number of hydrogen-bond acceptors (Lipinski definition) is 3. The highest BCUT2D eigenvalue weighted by atomic mass is 16.3. The molecule has 0 aliphatic rings. The topological polar surface area (TPSA) is 64.3 Å². The van der Waals surface area contributed by atoms with E-state index in [1.807, 2.05) is 13.8 Å². The molecule has 0 fully saturated rings. The van der Waals surface area contributed by atoms with Crippen molar-refractivity contribution in [3.8, 4) is 6.07 Å². The molecule has 0 unspecified atom stereocenters. The number of nitrogens with zero attached hydrogens (tertiary/aromatic N) is 2. The molecule has 4 heteroatoms. The summed E-state index contributed by atoms with van der Waals surface area (Å²) >= 11 is 0. The molecule has 1 aromatic rings. The van der Waals surface area contributed by atoms with E-state index in [0.29, 0.717) is 18.5 Å². The molecule has 0 radical (unpaired) electrons. The summed E-state index contributed by atoms with van der Waals surface area (Å²) in [5.74, 6) is 0.0254. The van der Waals surface area contributed by atoms with Gasteiger partial charge in [-0.25, -0.2) is 0 Å². The molecule has 1 amide bonds. The number of aliphatic hydroxyl groups is 1. The maximum absolute atomic E-state index is 12.4. The van der Waals surface area contributed by atoms with Gasteiger partial charge in [0.15, 0.2) is 0 Å². The van der Waals surface area contributed by atoms with E-state index in [2.05, 4.69) is 6.07 Å². The molecule has 0 heterocycles. The first-order valence-electron chi connectivity index (χ1n) is 7.05. The first-order valence-corrected chi connectivity index (χ1v) is 7.05. The lowest BCUT2D eigenvalue weighted by molar-refractivity contribution is -0.133. The molecular weight excluding hydrogens is 252 g/mol. The fraction of sp³-hybridized carbons (Fsp3) is 0.500. The van der Waals surface area contributed by atoms with Gasteiger partial charge in [-0.1, -0.05) is 26.0 Å². The zero-order valence-electron chi connectivity index (χ0n) is 12.2. The van der Waals surface area contributed by atoms with Gasteiger partial charge in [0.1, 0.15) is 0 Å². The summed E-state index contributed by atoms with van der Waals surface area (Å²) < 4.78 is 0. The highest BCUT2D eigenvalue weighted by Crippen LogP contribution is 2.12. The first kappa shape index (κ1) is 16.2. The summed E-state index contributed by atoms with van der Waals surface area (Å²) in [5.41, 5.74) is 1.48. The van der Waals surface area contributed by atoms with Crippen LogP contribution in [-0.4, -0.2) is 35.1 Å². The van der Waals surface area contributed by atoms with E-state index in [1.54, 1.807) is 29.2 Å². The van der Waals surface area contributed by atoms with Crippen molar-refractivity contribution in [1.29, 1.82) is 5.26 Å². The van der Waals surface area contributed by atoms with E-state index >= 15 is 0 Å². The number of benzene rings is 1. The van der Waals surface area contributed by atoms with Gasteiger partial charge in [0.25, 0.3) is 0 Å². The summed E-state index contributed by atoms with van der Waals surface area (Å²) in [6.07, 6.45) is 2.08. The number of rotatable bonds is 7. The van der Waals surface area contributed by atoms with Crippen LogP contribution < -0.4 is 0 Å². The maximum Gasteiger partial charge on any atom is 0.227 e. The Labute approximate surface area is 120 Å². The van der Waals surface area contributed by atoms with E-state index in [4.69, 9.17) is 10.4 Å². The number of carbonyl (C=O) groups is 1. The van der Waals surface area contributed by atoms with E-state index in [0.717, 1.165) is 18.4 Å². The SMILES string of the molecule is CCC(CC)N(CCO)C(=O)Cc1ccc(C#N)cc1. The van der Waals surface area contributed by atoms with E-state index < -0.39 is 0 Å². The van der Waals surface area contributed by atoms with Gasteiger partial charge < -0.3 is 10.0 Å². The van der Waals surface area contributed by atoms with E-state index in [1.165, 1.54) is 0 Å². The number of aliphatic hydroxyl groups excluding tert-OH is 1. The Hall–Kier alpha value is -1.86. The van der Waals surface area contributed by atoms with Crippen LogP contribution >= 0.6 is 0 Å². The van der Waals surface area contributed by atoms with Crippen LogP contribution in [0.25, 0.3) is 0 Å². The number of amides is 1. The lowest BCUT2D eigenvalue weighted by Gasteiger charge is -2.30. The van der Waals surface area contributed by atoms with Crippen molar-refractivity contribution in [2.75, 3.05) is 13.2 Å². The quantitative estimate of drug-likeness (QED) is 0.828. The largest absolute Gasteiger partial charge is 0.395 e. The zero-order chi connectivity index (χ0) is 15.0. The van der Waals surface area contributed by atoms with Crippen LogP contribution in [0.3, 0.4) is 0 Å². The summed E-state index contributed by atoms with van der Waals surface area (Å²) in [5, 5.41) is 17.9. The molecule has 0 aromatic heterocycles. The number of hydrogen-bond donors (Lipinski definition) is 1. The zero-order valence-corrected chi connectivity index (χ0v) is 12.2. The Bertz CT molecular complexity index is 458. The molecule has 0 atom stereocenters. The highest BCUT2D eigenvalue weighted by Gasteiger charge is 2.20. The van der Waals surface area contributed by atoms with Crippen LogP contribution in [0.15, 0.2) is 24.3 Å². The van der Waals surface area contributed by atoms with Gasteiger partial charge in [-0.05, 0) is 30.5 Å². The molecule has 0 saturated carbocycles. The molecule has 0 saturated heterocycles. The fourth-order valence-electron chi connectivity index (χ4n) is 2.32. The van der Waals surface area contributed by atoms with Gasteiger partial charge in [-0.3, -0.25) is 4.79 Å². The van der Waals surface area contributed by atoms with Crippen molar-refractivity contribution >= 4 is 5.91 Å². The van der Waals surface area contributed by atoms with Crippen LogP contribution in [0.1, 0.15) is 37.8 Å². The second kappa shape index (κ2) is 8.34. The monoisotopic (exact) mass is 274 g/mol. The predicted molar refractivity (Wildman–Crippen MR) is 78.0 cm³/mol. The number of nitriles is 1. The normalized spacial score (nSPS) is 10.3. The molecule has 0 aliphatic carbocycles. The van der Waals surface area contributed by atoms with Crippen molar-refractivity contribution in [3.05, 3.63) is 35.4 Å². The minimum atomic E-state index is -0.0182.